The van der Waals surface area contributed by atoms with Gasteiger partial charge in [-0.2, -0.15) is 0 Å². The van der Waals surface area contributed by atoms with E-state index < -0.39 is 0 Å². The summed E-state index contributed by atoms with van der Waals surface area (Å²) in [6.45, 7) is 1.02. The van der Waals surface area contributed by atoms with Gasteiger partial charge in [0.2, 0.25) is 11.8 Å². The van der Waals surface area contributed by atoms with E-state index in [-0.39, 0.29) is 11.7 Å². The van der Waals surface area contributed by atoms with E-state index >= 15 is 0 Å². The van der Waals surface area contributed by atoms with Gasteiger partial charge in [0.1, 0.15) is 0 Å². The topological polar surface area (TPSA) is 77.2 Å². The molecular weight excluding hydrogens is 350 g/mol. The maximum absolute atomic E-state index is 12.0. The summed E-state index contributed by atoms with van der Waals surface area (Å²) in [5.41, 5.74) is 2.96. The third kappa shape index (κ3) is 5.18. The van der Waals surface area contributed by atoms with Crippen LogP contribution in [0.2, 0.25) is 0 Å². The number of ether oxygens (including phenoxy) is 1. The number of aromatic nitrogens is 2. The van der Waals surface area contributed by atoms with Crippen LogP contribution in [0, 0.1) is 0 Å². The fourth-order valence-corrected chi connectivity index (χ4v) is 2.93. The van der Waals surface area contributed by atoms with Crippen molar-refractivity contribution in [2.45, 2.75) is 18.4 Å². The number of carbonyl (C=O) groups excluding carboxylic acids is 1. The summed E-state index contributed by atoms with van der Waals surface area (Å²) in [6.07, 6.45) is 0. The first kappa shape index (κ1) is 18.2. The van der Waals surface area contributed by atoms with Crippen molar-refractivity contribution in [1.29, 1.82) is 0 Å². The van der Waals surface area contributed by atoms with Crippen molar-refractivity contribution in [3.05, 3.63) is 65.7 Å². The number of amides is 1. The zero-order valence-corrected chi connectivity index (χ0v) is 15.2. The zero-order valence-electron chi connectivity index (χ0n) is 14.3. The fraction of sp³-hybridized carbons (Fsp3) is 0.211. The number of thioether (sulfide) groups is 1. The van der Waals surface area contributed by atoms with Gasteiger partial charge in [0.15, 0.2) is 0 Å². The van der Waals surface area contributed by atoms with Gasteiger partial charge in [-0.15, -0.1) is 10.2 Å². The van der Waals surface area contributed by atoms with Gasteiger partial charge in [-0.1, -0.05) is 54.2 Å². The lowest BCUT2D eigenvalue weighted by molar-refractivity contribution is -0.118. The Labute approximate surface area is 156 Å². The Balaban J connectivity index is 1.47. The van der Waals surface area contributed by atoms with Crippen LogP contribution >= 0.6 is 11.8 Å². The molecule has 0 aliphatic carbocycles. The van der Waals surface area contributed by atoms with Crippen molar-refractivity contribution >= 4 is 17.7 Å². The number of carbonyl (C=O) groups is 1. The Morgan fingerprint density at radius 3 is 2.73 bits per heavy atom. The van der Waals surface area contributed by atoms with Crippen LogP contribution < -0.4 is 5.32 Å². The largest absolute Gasteiger partial charge is 0.411 e. The summed E-state index contributed by atoms with van der Waals surface area (Å²) in [7, 11) is 1.66. The van der Waals surface area contributed by atoms with Crippen molar-refractivity contribution in [3.63, 3.8) is 0 Å². The molecule has 0 unspecified atom stereocenters. The second-order valence-electron chi connectivity index (χ2n) is 5.56. The maximum Gasteiger partial charge on any atom is 0.277 e. The average molecular weight is 369 g/mol. The second kappa shape index (κ2) is 9.17. The van der Waals surface area contributed by atoms with Crippen LogP contribution in [-0.2, 0) is 22.7 Å². The molecule has 0 saturated carbocycles. The molecule has 1 amide bonds. The molecule has 7 heteroatoms. The highest BCUT2D eigenvalue weighted by Crippen LogP contribution is 2.22. The van der Waals surface area contributed by atoms with Crippen LogP contribution in [0.25, 0.3) is 11.5 Å². The lowest BCUT2D eigenvalue weighted by Crippen LogP contribution is -2.24. The summed E-state index contributed by atoms with van der Waals surface area (Å²) in [5.74, 6) is 0.573. The molecule has 0 aliphatic heterocycles. The van der Waals surface area contributed by atoms with Crippen LogP contribution in [-0.4, -0.2) is 29.0 Å². The third-order valence-electron chi connectivity index (χ3n) is 3.55. The SMILES string of the molecule is COCc1cccc(CNC(=O)CSc2nnc(-c3ccccc3)o2)c1. The van der Waals surface area contributed by atoms with Crippen LogP contribution in [0.5, 0.6) is 0 Å². The van der Waals surface area contributed by atoms with Gasteiger partial charge in [0, 0.05) is 19.2 Å². The summed E-state index contributed by atoms with van der Waals surface area (Å²) < 4.78 is 10.7. The van der Waals surface area contributed by atoms with E-state index in [2.05, 4.69) is 15.5 Å². The number of nitrogens with zero attached hydrogens (tertiary/aromatic N) is 2. The molecule has 3 rings (SSSR count). The van der Waals surface area contributed by atoms with Crippen molar-refractivity contribution in [2.24, 2.45) is 0 Å². The molecule has 0 aliphatic rings. The van der Waals surface area contributed by atoms with Gasteiger partial charge in [0.05, 0.1) is 12.4 Å². The molecule has 1 N–H and O–H groups in total. The van der Waals surface area contributed by atoms with E-state index in [0.29, 0.717) is 24.3 Å². The van der Waals surface area contributed by atoms with E-state index in [1.165, 1.54) is 11.8 Å². The van der Waals surface area contributed by atoms with Crippen molar-refractivity contribution < 1.29 is 13.9 Å². The molecule has 26 heavy (non-hydrogen) atoms. The number of hydrogen-bond donors (Lipinski definition) is 1. The lowest BCUT2D eigenvalue weighted by atomic mass is 10.1. The van der Waals surface area contributed by atoms with Crippen LogP contribution in [0.3, 0.4) is 0 Å². The molecule has 3 aromatic rings. The van der Waals surface area contributed by atoms with E-state index in [1.54, 1.807) is 7.11 Å². The Kier molecular flexibility index (Phi) is 6.40. The van der Waals surface area contributed by atoms with Crippen LogP contribution in [0.15, 0.2) is 64.2 Å². The lowest BCUT2D eigenvalue weighted by Gasteiger charge is -2.06. The van der Waals surface area contributed by atoms with Gasteiger partial charge >= 0.3 is 0 Å². The van der Waals surface area contributed by atoms with E-state index in [9.17, 15) is 4.79 Å². The predicted octanol–water partition coefficient (Wildman–Crippen LogP) is 3.29. The van der Waals surface area contributed by atoms with E-state index in [4.69, 9.17) is 9.15 Å². The summed E-state index contributed by atoms with van der Waals surface area (Å²) in [4.78, 5) is 12.0. The Hall–Kier alpha value is -2.64. The predicted molar refractivity (Wildman–Crippen MR) is 99.5 cm³/mol. The molecule has 0 atom stereocenters. The van der Waals surface area contributed by atoms with E-state index in [0.717, 1.165) is 16.7 Å². The minimum absolute atomic E-state index is 0.0911. The third-order valence-corrected chi connectivity index (χ3v) is 4.36. The van der Waals surface area contributed by atoms with Gasteiger partial charge < -0.3 is 14.5 Å². The monoisotopic (exact) mass is 369 g/mol. The van der Waals surface area contributed by atoms with Crippen molar-refractivity contribution in [1.82, 2.24) is 15.5 Å². The van der Waals surface area contributed by atoms with Crippen LogP contribution in [0.1, 0.15) is 11.1 Å². The molecule has 2 aromatic carbocycles. The molecular formula is C19H19N3O3S. The first-order valence-corrected chi connectivity index (χ1v) is 9.08. The molecule has 0 saturated heterocycles. The Morgan fingerprint density at radius 1 is 1.12 bits per heavy atom. The molecule has 1 heterocycles. The number of methoxy groups -OCH3 is 1. The summed E-state index contributed by atoms with van der Waals surface area (Å²) in [6, 6.07) is 17.4. The Bertz CT molecular complexity index is 852. The highest BCUT2D eigenvalue weighted by Gasteiger charge is 2.11. The molecule has 134 valence electrons. The second-order valence-corrected chi connectivity index (χ2v) is 6.48. The Morgan fingerprint density at radius 2 is 1.92 bits per heavy atom. The number of benzene rings is 2. The summed E-state index contributed by atoms with van der Waals surface area (Å²) in [5, 5.41) is 11.2. The quantitative estimate of drug-likeness (QED) is 0.614. The highest BCUT2D eigenvalue weighted by molar-refractivity contribution is 7.99. The standard InChI is InChI=1S/C19H19N3O3S/c1-24-12-15-7-5-6-14(10-15)11-20-17(23)13-26-19-22-21-18(25-19)16-8-3-2-4-9-16/h2-10H,11-13H2,1H3,(H,20,23). The van der Waals surface area contributed by atoms with Crippen molar-refractivity contribution in [2.75, 3.05) is 12.9 Å². The number of rotatable bonds is 8. The van der Waals surface area contributed by atoms with E-state index in [1.807, 2.05) is 54.6 Å². The molecule has 0 radical (unpaired) electrons. The molecule has 0 spiro atoms. The molecule has 0 fully saturated rings. The van der Waals surface area contributed by atoms with Gasteiger partial charge in [0.25, 0.3) is 5.22 Å². The number of nitrogens with one attached hydrogen (secondary N) is 1. The maximum atomic E-state index is 12.0. The first-order valence-electron chi connectivity index (χ1n) is 8.10. The zero-order chi connectivity index (χ0) is 18.2. The average Bonchev–Trinajstić information content (AvgIpc) is 3.15. The number of hydrogen-bond acceptors (Lipinski definition) is 6. The van der Waals surface area contributed by atoms with Gasteiger partial charge in [-0.05, 0) is 23.3 Å². The van der Waals surface area contributed by atoms with Crippen molar-refractivity contribution in [3.8, 4) is 11.5 Å². The molecule has 1 aromatic heterocycles. The van der Waals surface area contributed by atoms with Gasteiger partial charge in [-0.25, -0.2) is 0 Å². The minimum atomic E-state index is -0.0911. The summed E-state index contributed by atoms with van der Waals surface area (Å²) >= 11 is 1.22. The smallest absolute Gasteiger partial charge is 0.277 e. The normalized spacial score (nSPS) is 10.7. The first-order chi connectivity index (χ1) is 12.7. The highest BCUT2D eigenvalue weighted by atomic mass is 32.2. The van der Waals surface area contributed by atoms with Crippen LogP contribution in [0.4, 0.5) is 0 Å². The van der Waals surface area contributed by atoms with Gasteiger partial charge in [-0.3, -0.25) is 4.79 Å². The minimum Gasteiger partial charge on any atom is -0.411 e. The molecule has 6 nitrogen and oxygen atoms in total. The fourth-order valence-electron chi connectivity index (χ4n) is 2.34. The molecule has 0 bridgehead atoms.